The first kappa shape index (κ1) is 20.5. The quantitative estimate of drug-likeness (QED) is 0.360. The molecule has 1 aliphatic heterocycles. The zero-order valence-corrected chi connectivity index (χ0v) is 16.6. The summed E-state index contributed by atoms with van der Waals surface area (Å²) in [5.74, 6) is 2.39. The Morgan fingerprint density at radius 1 is 1.24 bits per heavy atom. The smallest absolute Gasteiger partial charge is 0.190 e. The van der Waals surface area contributed by atoms with E-state index in [1.807, 2.05) is 7.05 Å². The van der Waals surface area contributed by atoms with Gasteiger partial charge in [-0.25, -0.2) is 0 Å². The Hall–Kier alpha value is -0.810. The Balaban J connectivity index is 1.53. The highest BCUT2D eigenvalue weighted by Crippen LogP contribution is 2.45. The lowest BCUT2D eigenvalue weighted by molar-refractivity contribution is 0.0203. The molecule has 0 atom stereocenters. The molecule has 25 heavy (non-hydrogen) atoms. The van der Waals surface area contributed by atoms with E-state index in [0.717, 1.165) is 70.7 Å². The van der Waals surface area contributed by atoms with Crippen molar-refractivity contribution in [2.45, 2.75) is 58.8 Å². The number of guanidine groups is 1. The topological polar surface area (TPSA) is 54.9 Å². The van der Waals surface area contributed by atoms with Crippen LogP contribution in [-0.4, -0.2) is 52.5 Å². The molecule has 2 aliphatic rings. The van der Waals surface area contributed by atoms with E-state index in [9.17, 15) is 0 Å². The van der Waals surface area contributed by atoms with Gasteiger partial charge >= 0.3 is 0 Å². The molecular weight excluding hydrogens is 314 g/mol. The average molecular weight is 354 g/mol. The molecule has 1 aliphatic carbocycles. The standard InChI is InChI=1S/C20H39N3O2/c1-17(2)14-20(8-4-9-20)16-23-19(21-3)22-10-5-11-25-15-18-6-12-24-13-7-18/h17-18H,4-16H2,1-3H3,(H2,21,22,23). The fraction of sp³-hybridized carbons (Fsp3) is 0.950. The molecule has 2 N–H and O–H groups in total. The lowest BCUT2D eigenvalue weighted by atomic mass is 9.64. The van der Waals surface area contributed by atoms with Crippen molar-refractivity contribution in [3.63, 3.8) is 0 Å². The van der Waals surface area contributed by atoms with E-state index in [1.54, 1.807) is 0 Å². The Morgan fingerprint density at radius 2 is 2.00 bits per heavy atom. The lowest BCUT2D eigenvalue weighted by Crippen LogP contribution is -2.47. The van der Waals surface area contributed by atoms with Gasteiger partial charge in [0.2, 0.25) is 0 Å². The Labute approximate surface area is 154 Å². The molecule has 2 rings (SSSR count). The highest BCUT2D eigenvalue weighted by Gasteiger charge is 2.37. The van der Waals surface area contributed by atoms with Crippen molar-refractivity contribution in [3.05, 3.63) is 0 Å². The van der Waals surface area contributed by atoms with Crippen molar-refractivity contribution in [1.29, 1.82) is 0 Å². The number of hydrogen-bond acceptors (Lipinski definition) is 3. The molecule has 1 saturated heterocycles. The predicted molar refractivity (Wildman–Crippen MR) is 104 cm³/mol. The summed E-state index contributed by atoms with van der Waals surface area (Å²) in [4.78, 5) is 4.36. The third-order valence-electron chi connectivity index (χ3n) is 5.56. The van der Waals surface area contributed by atoms with Crippen LogP contribution >= 0.6 is 0 Å². The van der Waals surface area contributed by atoms with E-state index >= 15 is 0 Å². The van der Waals surface area contributed by atoms with Crippen LogP contribution in [0.25, 0.3) is 0 Å². The Morgan fingerprint density at radius 3 is 2.60 bits per heavy atom. The minimum Gasteiger partial charge on any atom is -0.381 e. The second-order valence-corrected chi connectivity index (χ2v) is 8.29. The number of hydrogen-bond donors (Lipinski definition) is 2. The monoisotopic (exact) mass is 353 g/mol. The number of rotatable bonds is 10. The van der Waals surface area contributed by atoms with E-state index in [0.29, 0.717) is 11.3 Å². The molecule has 1 saturated carbocycles. The molecule has 1 heterocycles. The van der Waals surface area contributed by atoms with Crippen LogP contribution in [0.2, 0.25) is 0 Å². The van der Waals surface area contributed by atoms with Gasteiger partial charge in [-0.3, -0.25) is 4.99 Å². The molecule has 5 heteroatoms. The van der Waals surface area contributed by atoms with Gasteiger partial charge in [0.25, 0.3) is 0 Å². The van der Waals surface area contributed by atoms with Crippen molar-refractivity contribution >= 4 is 5.96 Å². The summed E-state index contributed by atoms with van der Waals surface area (Å²) >= 11 is 0. The van der Waals surface area contributed by atoms with Gasteiger partial charge in [0, 0.05) is 46.6 Å². The fourth-order valence-electron chi connectivity index (χ4n) is 4.03. The normalized spacial score (nSPS) is 21.2. The van der Waals surface area contributed by atoms with Crippen LogP contribution in [0.1, 0.15) is 58.8 Å². The highest BCUT2D eigenvalue weighted by atomic mass is 16.5. The van der Waals surface area contributed by atoms with E-state index in [1.165, 1.54) is 25.7 Å². The zero-order chi connectivity index (χ0) is 18.0. The fourth-order valence-corrected chi connectivity index (χ4v) is 4.03. The van der Waals surface area contributed by atoms with Crippen molar-refractivity contribution < 1.29 is 9.47 Å². The van der Waals surface area contributed by atoms with E-state index in [-0.39, 0.29) is 0 Å². The highest BCUT2D eigenvalue weighted by molar-refractivity contribution is 5.79. The zero-order valence-electron chi connectivity index (χ0n) is 16.6. The minimum absolute atomic E-state index is 0.499. The van der Waals surface area contributed by atoms with Gasteiger partial charge < -0.3 is 20.1 Å². The molecule has 0 unspecified atom stereocenters. The summed E-state index contributed by atoms with van der Waals surface area (Å²) in [5, 5.41) is 6.97. The van der Waals surface area contributed by atoms with Crippen LogP contribution in [0.5, 0.6) is 0 Å². The summed E-state index contributed by atoms with van der Waals surface area (Å²) < 4.78 is 11.2. The SMILES string of the molecule is CN=C(NCCCOCC1CCOCC1)NCC1(CC(C)C)CCC1. The van der Waals surface area contributed by atoms with Gasteiger partial charge in [0.1, 0.15) is 0 Å². The maximum atomic E-state index is 5.82. The van der Waals surface area contributed by atoms with Gasteiger partial charge in [0.05, 0.1) is 0 Å². The summed E-state index contributed by atoms with van der Waals surface area (Å²) in [5.41, 5.74) is 0.499. The summed E-state index contributed by atoms with van der Waals surface area (Å²) in [6, 6.07) is 0. The first-order chi connectivity index (χ1) is 12.1. The number of ether oxygens (including phenoxy) is 2. The molecule has 0 aromatic carbocycles. The van der Waals surface area contributed by atoms with Crippen LogP contribution in [0.4, 0.5) is 0 Å². The van der Waals surface area contributed by atoms with Crippen molar-refractivity contribution in [3.8, 4) is 0 Å². The predicted octanol–water partition coefficient (Wildman–Crippen LogP) is 3.20. The van der Waals surface area contributed by atoms with Gasteiger partial charge in [0.15, 0.2) is 5.96 Å². The van der Waals surface area contributed by atoms with Gasteiger partial charge in [-0.2, -0.15) is 0 Å². The average Bonchev–Trinajstić information content (AvgIpc) is 2.58. The molecule has 5 nitrogen and oxygen atoms in total. The summed E-state index contributed by atoms with van der Waals surface area (Å²) in [6.07, 6.45) is 8.72. The molecular formula is C20H39N3O2. The van der Waals surface area contributed by atoms with E-state index in [4.69, 9.17) is 9.47 Å². The minimum atomic E-state index is 0.499. The third kappa shape index (κ3) is 7.53. The second-order valence-electron chi connectivity index (χ2n) is 8.29. The van der Waals surface area contributed by atoms with Crippen molar-refractivity contribution in [2.75, 3.05) is 46.6 Å². The maximum Gasteiger partial charge on any atom is 0.190 e. The first-order valence-corrected chi connectivity index (χ1v) is 10.2. The van der Waals surface area contributed by atoms with E-state index < -0.39 is 0 Å². The molecule has 146 valence electrons. The van der Waals surface area contributed by atoms with Crippen LogP contribution in [0.3, 0.4) is 0 Å². The second kappa shape index (κ2) is 11.0. The number of aliphatic imine (C=N–C) groups is 1. The van der Waals surface area contributed by atoms with Crippen LogP contribution in [0, 0.1) is 17.3 Å². The third-order valence-corrected chi connectivity index (χ3v) is 5.56. The maximum absolute atomic E-state index is 5.82. The Kier molecular flexibility index (Phi) is 9.04. The first-order valence-electron chi connectivity index (χ1n) is 10.2. The van der Waals surface area contributed by atoms with Crippen LogP contribution in [-0.2, 0) is 9.47 Å². The van der Waals surface area contributed by atoms with E-state index in [2.05, 4.69) is 29.5 Å². The number of nitrogens with one attached hydrogen (secondary N) is 2. The molecule has 0 aromatic rings. The summed E-state index contributed by atoms with van der Waals surface area (Å²) in [7, 11) is 1.85. The van der Waals surface area contributed by atoms with Gasteiger partial charge in [-0.05, 0) is 55.8 Å². The molecule has 0 aromatic heterocycles. The largest absolute Gasteiger partial charge is 0.381 e. The van der Waals surface area contributed by atoms with Crippen LogP contribution < -0.4 is 10.6 Å². The molecule has 0 radical (unpaired) electrons. The molecule has 0 spiro atoms. The molecule has 2 fully saturated rings. The molecule has 0 amide bonds. The summed E-state index contributed by atoms with van der Waals surface area (Å²) in [6.45, 7) is 10.1. The van der Waals surface area contributed by atoms with Gasteiger partial charge in [-0.15, -0.1) is 0 Å². The van der Waals surface area contributed by atoms with Gasteiger partial charge in [-0.1, -0.05) is 20.3 Å². The molecule has 0 bridgehead atoms. The van der Waals surface area contributed by atoms with Crippen molar-refractivity contribution in [1.82, 2.24) is 10.6 Å². The Bertz CT molecular complexity index is 388. The lowest BCUT2D eigenvalue weighted by Gasteiger charge is -2.43. The van der Waals surface area contributed by atoms with Crippen molar-refractivity contribution in [2.24, 2.45) is 22.2 Å². The van der Waals surface area contributed by atoms with Crippen LogP contribution in [0.15, 0.2) is 4.99 Å². The number of nitrogens with zero attached hydrogens (tertiary/aromatic N) is 1.